The lowest BCUT2D eigenvalue weighted by atomic mass is 10.2. The largest absolute Gasteiger partial charge is 0.320 e. The summed E-state index contributed by atoms with van der Waals surface area (Å²) < 4.78 is 1.47. The highest BCUT2D eigenvalue weighted by Gasteiger charge is 2.17. The molecule has 3 N–H and O–H groups in total. The van der Waals surface area contributed by atoms with Gasteiger partial charge in [-0.1, -0.05) is 35.5 Å². The molecule has 0 saturated heterocycles. The number of nitriles is 1. The summed E-state index contributed by atoms with van der Waals surface area (Å²) >= 11 is 0. The second-order valence-electron chi connectivity index (χ2n) is 4.32. The average molecular weight is 270 g/mol. The second kappa shape index (κ2) is 5.95. The van der Waals surface area contributed by atoms with Crippen molar-refractivity contribution in [2.75, 3.05) is 5.32 Å². The van der Waals surface area contributed by atoms with Crippen molar-refractivity contribution in [2.45, 2.75) is 19.5 Å². The topological polar surface area (TPSA) is 110 Å². The standard InChI is InChI=1S/C13H14N6O/c1-9(15)13(20)16-12-11(7-14)17-18-19(12)8-10-5-3-2-4-6-10/h2-6,9H,8,15H2,1H3,(H,16,20). The van der Waals surface area contributed by atoms with Crippen molar-refractivity contribution in [1.29, 1.82) is 5.26 Å². The molecule has 0 saturated carbocycles. The van der Waals surface area contributed by atoms with Crippen LogP contribution in [0.25, 0.3) is 0 Å². The number of rotatable bonds is 4. The van der Waals surface area contributed by atoms with Crippen molar-refractivity contribution in [3.63, 3.8) is 0 Å². The van der Waals surface area contributed by atoms with Crippen LogP contribution in [0.3, 0.4) is 0 Å². The number of nitrogens with one attached hydrogen (secondary N) is 1. The van der Waals surface area contributed by atoms with Crippen LogP contribution in [0.5, 0.6) is 0 Å². The fraction of sp³-hybridized carbons (Fsp3) is 0.231. The van der Waals surface area contributed by atoms with Crippen LogP contribution in [0.4, 0.5) is 5.82 Å². The van der Waals surface area contributed by atoms with Crippen molar-refractivity contribution in [2.24, 2.45) is 5.73 Å². The molecular formula is C13H14N6O. The van der Waals surface area contributed by atoms with E-state index in [1.54, 1.807) is 6.92 Å². The van der Waals surface area contributed by atoms with Crippen LogP contribution < -0.4 is 11.1 Å². The van der Waals surface area contributed by atoms with E-state index >= 15 is 0 Å². The maximum atomic E-state index is 11.7. The third kappa shape index (κ3) is 2.99. The van der Waals surface area contributed by atoms with Gasteiger partial charge in [0, 0.05) is 0 Å². The highest BCUT2D eigenvalue weighted by Crippen LogP contribution is 2.14. The normalized spacial score (nSPS) is 11.7. The van der Waals surface area contributed by atoms with Gasteiger partial charge in [0.05, 0.1) is 12.6 Å². The van der Waals surface area contributed by atoms with Crippen molar-refractivity contribution in [3.8, 4) is 6.07 Å². The Morgan fingerprint density at radius 2 is 2.20 bits per heavy atom. The van der Waals surface area contributed by atoms with Crippen LogP contribution in [0.2, 0.25) is 0 Å². The van der Waals surface area contributed by atoms with E-state index in [-0.39, 0.29) is 11.5 Å². The van der Waals surface area contributed by atoms with Crippen LogP contribution in [0, 0.1) is 11.3 Å². The summed E-state index contributed by atoms with van der Waals surface area (Å²) in [6, 6.07) is 10.8. The lowest BCUT2D eigenvalue weighted by Gasteiger charge is -2.10. The minimum Gasteiger partial charge on any atom is -0.320 e. The Bertz CT molecular complexity index is 641. The predicted molar refractivity (Wildman–Crippen MR) is 72.6 cm³/mol. The van der Waals surface area contributed by atoms with Gasteiger partial charge in [0.2, 0.25) is 11.6 Å². The molecule has 0 aliphatic heterocycles. The molecule has 1 aromatic carbocycles. The molecule has 2 aromatic rings. The Balaban J connectivity index is 2.28. The van der Waals surface area contributed by atoms with E-state index in [1.807, 2.05) is 36.4 Å². The zero-order valence-electron chi connectivity index (χ0n) is 10.9. The summed E-state index contributed by atoms with van der Waals surface area (Å²) in [5.74, 6) is -0.128. The number of benzene rings is 1. The molecule has 1 heterocycles. The van der Waals surface area contributed by atoms with Gasteiger partial charge in [-0.15, -0.1) is 5.10 Å². The smallest absolute Gasteiger partial charge is 0.242 e. The minimum absolute atomic E-state index is 0.0648. The Labute approximate surface area is 116 Å². The van der Waals surface area contributed by atoms with Crippen molar-refractivity contribution < 1.29 is 4.79 Å². The highest BCUT2D eigenvalue weighted by atomic mass is 16.2. The summed E-state index contributed by atoms with van der Waals surface area (Å²) in [7, 11) is 0. The van der Waals surface area contributed by atoms with Gasteiger partial charge in [0.15, 0.2) is 5.82 Å². The van der Waals surface area contributed by atoms with E-state index in [4.69, 9.17) is 11.0 Å². The van der Waals surface area contributed by atoms with E-state index in [0.717, 1.165) is 5.56 Å². The number of aromatic nitrogens is 3. The van der Waals surface area contributed by atoms with Gasteiger partial charge in [-0.2, -0.15) is 5.26 Å². The molecular weight excluding hydrogens is 256 g/mol. The molecule has 0 bridgehead atoms. The maximum absolute atomic E-state index is 11.7. The summed E-state index contributed by atoms with van der Waals surface area (Å²) in [6.45, 7) is 1.97. The van der Waals surface area contributed by atoms with Crippen molar-refractivity contribution in [3.05, 3.63) is 41.6 Å². The summed E-state index contributed by atoms with van der Waals surface area (Å²) in [6.07, 6.45) is 0. The molecule has 1 unspecified atom stereocenters. The molecule has 20 heavy (non-hydrogen) atoms. The lowest BCUT2D eigenvalue weighted by Crippen LogP contribution is -2.33. The first kappa shape index (κ1) is 13.7. The van der Waals surface area contributed by atoms with Crippen LogP contribution in [-0.2, 0) is 11.3 Å². The molecule has 2 rings (SSSR count). The highest BCUT2D eigenvalue weighted by molar-refractivity contribution is 5.94. The van der Waals surface area contributed by atoms with Gasteiger partial charge in [0.1, 0.15) is 6.07 Å². The van der Waals surface area contributed by atoms with E-state index < -0.39 is 11.9 Å². The Kier molecular flexibility index (Phi) is 4.08. The SMILES string of the molecule is CC(N)C(=O)Nc1c(C#N)nnn1Cc1ccccc1. The fourth-order valence-corrected chi connectivity index (χ4v) is 1.61. The van der Waals surface area contributed by atoms with Crippen LogP contribution in [0.1, 0.15) is 18.2 Å². The molecule has 1 amide bonds. The van der Waals surface area contributed by atoms with Crippen molar-refractivity contribution in [1.82, 2.24) is 15.0 Å². The molecule has 0 radical (unpaired) electrons. The number of hydrogen-bond acceptors (Lipinski definition) is 5. The monoisotopic (exact) mass is 270 g/mol. The summed E-state index contributed by atoms with van der Waals surface area (Å²) in [5, 5.41) is 19.2. The van der Waals surface area contributed by atoms with E-state index in [2.05, 4.69) is 15.6 Å². The molecule has 0 fully saturated rings. The first-order valence-electron chi connectivity index (χ1n) is 6.05. The number of anilines is 1. The van der Waals surface area contributed by atoms with E-state index in [0.29, 0.717) is 6.54 Å². The molecule has 0 aliphatic carbocycles. The van der Waals surface area contributed by atoms with Gasteiger partial charge in [-0.05, 0) is 12.5 Å². The molecule has 102 valence electrons. The van der Waals surface area contributed by atoms with Crippen LogP contribution in [0.15, 0.2) is 30.3 Å². The summed E-state index contributed by atoms with van der Waals surface area (Å²) in [4.78, 5) is 11.7. The first-order chi connectivity index (χ1) is 9.61. The molecule has 0 spiro atoms. The first-order valence-corrected chi connectivity index (χ1v) is 6.05. The van der Waals surface area contributed by atoms with Crippen LogP contribution >= 0.6 is 0 Å². The zero-order valence-corrected chi connectivity index (χ0v) is 10.9. The van der Waals surface area contributed by atoms with Gasteiger partial charge < -0.3 is 11.1 Å². The third-order valence-electron chi connectivity index (χ3n) is 2.67. The van der Waals surface area contributed by atoms with Gasteiger partial charge in [0.25, 0.3) is 0 Å². The van der Waals surface area contributed by atoms with Crippen LogP contribution in [-0.4, -0.2) is 26.9 Å². The number of nitrogens with two attached hydrogens (primary N) is 1. The number of carbonyl (C=O) groups excluding carboxylic acids is 1. The molecule has 1 aromatic heterocycles. The summed E-state index contributed by atoms with van der Waals surface area (Å²) in [5.41, 5.74) is 6.55. The van der Waals surface area contributed by atoms with E-state index in [1.165, 1.54) is 4.68 Å². The number of nitrogens with zero attached hydrogens (tertiary/aromatic N) is 4. The molecule has 1 atom stereocenters. The minimum atomic E-state index is -0.679. The predicted octanol–water partition coefficient (Wildman–Crippen LogP) is 0.484. The zero-order chi connectivity index (χ0) is 14.5. The molecule has 7 nitrogen and oxygen atoms in total. The number of amides is 1. The van der Waals surface area contributed by atoms with E-state index in [9.17, 15) is 4.79 Å². The Morgan fingerprint density at radius 3 is 2.80 bits per heavy atom. The maximum Gasteiger partial charge on any atom is 0.242 e. The Hall–Kier alpha value is -2.72. The molecule has 0 aliphatic rings. The van der Waals surface area contributed by atoms with Gasteiger partial charge in [-0.25, -0.2) is 4.68 Å². The van der Waals surface area contributed by atoms with Gasteiger partial charge in [-0.3, -0.25) is 4.79 Å². The molecule has 7 heteroatoms. The number of carbonyl (C=O) groups is 1. The quantitative estimate of drug-likeness (QED) is 0.839. The fourth-order valence-electron chi connectivity index (χ4n) is 1.61. The number of hydrogen-bond donors (Lipinski definition) is 2. The average Bonchev–Trinajstić information content (AvgIpc) is 2.82. The Morgan fingerprint density at radius 1 is 1.50 bits per heavy atom. The second-order valence-corrected chi connectivity index (χ2v) is 4.32. The van der Waals surface area contributed by atoms with Crippen molar-refractivity contribution >= 4 is 11.7 Å². The third-order valence-corrected chi connectivity index (χ3v) is 2.67. The lowest BCUT2D eigenvalue weighted by molar-refractivity contribution is -0.117. The van der Waals surface area contributed by atoms with Gasteiger partial charge >= 0.3 is 0 Å².